The van der Waals surface area contributed by atoms with Gasteiger partial charge in [-0.2, -0.15) is 0 Å². The maximum absolute atomic E-state index is 11.8. The zero-order valence-corrected chi connectivity index (χ0v) is 11.5. The summed E-state index contributed by atoms with van der Waals surface area (Å²) >= 11 is 3.00. The van der Waals surface area contributed by atoms with Crippen molar-refractivity contribution in [2.24, 2.45) is 5.84 Å². The highest BCUT2D eigenvalue weighted by Gasteiger charge is 2.18. The van der Waals surface area contributed by atoms with Crippen molar-refractivity contribution < 1.29 is 14.6 Å². The van der Waals surface area contributed by atoms with E-state index in [1.165, 1.54) is 6.92 Å². The van der Waals surface area contributed by atoms with E-state index in [1.807, 2.05) is 0 Å². The maximum atomic E-state index is 11.8. The molecule has 0 unspecified atom stereocenters. The number of aromatic nitrogens is 1. The highest BCUT2D eigenvalue weighted by atomic mass is 79.9. The van der Waals surface area contributed by atoms with Crippen LogP contribution >= 0.6 is 15.9 Å². The molecule has 0 aliphatic carbocycles. The Morgan fingerprint density at radius 1 is 1.68 bits per heavy atom. The molecule has 0 spiro atoms. The minimum Gasteiger partial charge on any atom is -0.356 e. The van der Waals surface area contributed by atoms with Crippen molar-refractivity contribution in [2.75, 3.05) is 0 Å². The SMILES string of the molecule is Cc1c([N+](=O)[O-])cn(CCC(=O)ONN)c(=O)c1Br. The average molecular weight is 335 g/mol. The molecule has 104 valence electrons. The highest BCUT2D eigenvalue weighted by Crippen LogP contribution is 2.22. The van der Waals surface area contributed by atoms with Crippen LogP contribution in [-0.4, -0.2) is 15.5 Å². The monoisotopic (exact) mass is 334 g/mol. The molecule has 0 fully saturated rings. The van der Waals surface area contributed by atoms with Crippen molar-refractivity contribution in [3.8, 4) is 0 Å². The van der Waals surface area contributed by atoms with Crippen molar-refractivity contribution >= 4 is 27.6 Å². The van der Waals surface area contributed by atoms with Crippen LogP contribution in [0.15, 0.2) is 15.5 Å². The third-order valence-electron chi connectivity index (χ3n) is 2.37. The predicted octanol–water partition coefficient (Wildman–Crippen LogP) is 0.139. The van der Waals surface area contributed by atoms with Gasteiger partial charge in [0.05, 0.1) is 22.0 Å². The van der Waals surface area contributed by atoms with E-state index in [-0.39, 0.29) is 28.7 Å². The number of carbonyl (C=O) groups excluding carboxylic acids is 1. The summed E-state index contributed by atoms with van der Waals surface area (Å²) in [6.07, 6.45) is 0.933. The quantitative estimate of drug-likeness (QED) is 0.445. The number of nitrogens with zero attached hydrogens (tertiary/aromatic N) is 2. The molecule has 0 saturated heterocycles. The summed E-state index contributed by atoms with van der Waals surface area (Å²) in [6, 6.07) is 0. The second-order valence-corrected chi connectivity index (χ2v) is 4.34. The van der Waals surface area contributed by atoms with Gasteiger partial charge in [0.15, 0.2) is 0 Å². The molecule has 19 heavy (non-hydrogen) atoms. The lowest BCUT2D eigenvalue weighted by atomic mass is 10.2. The molecule has 0 atom stereocenters. The molecule has 1 heterocycles. The maximum Gasteiger partial charge on any atom is 0.328 e. The predicted molar refractivity (Wildman–Crippen MR) is 67.8 cm³/mol. The lowest BCUT2D eigenvalue weighted by molar-refractivity contribution is -0.386. The second-order valence-electron chi connectivity index (χ2n) is 3.55. The standard InChI is InChI=1S/C9H11BrN4O5/c1-5-6(14(17)18)4-13(9(16)8(5)10)3-2-7(15)19-12-11/h4,12H,2-3,11H2,1H3. The molecule has 0 aromatic carbocycles. The Bertz CT molecular complexity index is 570. The highest BCUT2D eigenvalue weighted by molar-refractivity contribution is 9.10. The Balaban J connectivity index is 3.05. The fourth-order valence-electron chi connectivity index (χ4n) is 1.38. The van der Waals surface area contributed by atoms with E-state index in [2.05, 4.69) is 20.8 Å². The van der Waals surface area contributed by atoms with Crippen molar-refractivity contribution in [1.29, 1.82) is 0 Å². The summed E-state index contributed by atoms with van der Waals surface area (Å²) in [6.45, 7) is 1.40. The number of aryl methyl sites for hydroxylation is 1. The van der Waals surface area contributed by atoms with Crippen LogP contribution in [0.1, 0.15) is 12.0 Å². The largest absolute Gasteiger partial charge is 0.356 e. The molecule has 0 aliphatic heterocycles. The number of pyridine rings is 1. The van der Waals surface area contributed by atoms with Gasteiger partial charge in [-0.05, 0) is 22.9 Å². The Hall–Kier alpha value is -1.78. The van der Waals surface area contributed by atoms with Crippen LogP contribution in [-0.2, 0) is 16.2 Å². The van der Waals surface area contributed by atoms with Crippen molar-refractivity contribution in [3.05, 3.63) is 36.7 Å². The van der Waals surface area contributed by atoms with Gasteiger partial charge in [-0.3, -0.25) is 19.7 Å². The number of hydrogen-bond acceptors (Lipinski definition) is 7. The summed E-state index contributed by atoms with van der Waals surface area (Å²) in [5, 5.41) is 10.8. The molecule has 3 N–H and O–H groups in total. The van der Waals surface area contributed by atoms with Gasteiger partial charge in [-0.15, -0.1) is 0 Å². The van der Waals surface area contributed by atoms with E-state index in [1.54, 1.807) is 5.59 Å². The smallest absolute Gasteiger partial charge is 0.328 e. The van der Waals surface area contributed by atoms with E-state index in [0.29, 0.717) is 0 Å². The van der Waals surface area contributed by atoms with Crippen LogP contribution in [0.4, 0.5) is 5.69 Å². The Morgan fingerprint density at radius 2 is 2.32 bits per heavy atom. The number of carbonyl (C=O) groups is 1. The van der Waals surface area contributed by atoms with Crippen molar-refractivity contribution in [2.45, 2.75) is 19.9 Å². The van der Waals surface area contributed by atoms with Gasteiger partial charge in [0.1, 0.15) is 0 Å². The normalized spacial score (nSPS) is 10.3. The fraction of sp³-hybridized carbons (Fsp3) is 0.333. The molecule has 10 heteroatoms. The second kappa shape index (κ2) is 6.41. The molecule has 0 radical (unpaired) electrons. The summed E-state index contributed by atoms with van der Waals surface area (Å²) < 4.78 is 1.15. The first kappa shape index (κ1) is 15.3. The molecule has 0 bridgehead atoms. The van der Waals surface area contributed by atoms with E-state index < -0.39 is 16.5 Å². The summed E-state index contributed by atoms with van der Waals surface area (Å²) in [4.78, 5) is 37.4. The summed E-state index contributed by atoms with van der Waals surface area (Å²) in [5.74, 6) is 4.09. The number of nitrogens with one attached hydrogen (secondary N) is 1. The first-order valence-electron chi connectivity index (χ1n) is 5.07. The van der Waals surface area contributed by atoms with E-state index >= 15 is 0 Å². The summed E-state index contributed by atoms with van der Waals surface area (Å²) in [5.41, 5.74) is 1.28. The Labute approximate surface area is 115 Å². The van der Waals surface area contributed by atoms with Crippen molar-refractivity contribution in [1.82, 2.24) is 10.2 Å². The number of halogens is 1. The Morgan fingerprint density at radius 3 is 2.84 bits per heavy atom. The molecule has 9 nitrogen and oxygen atoms in total. The van der Waals surface area contributed by atoms with Gasteiger partial charge in [0.2, 0.25) is 0 Å². The van der Waals surface area contributed by atoms with Gasteiger partial charge >= 0.3 is 5.97 Å². The fourth-order valence-corrected chi connectivity index (χ4v) is 1.81. The average Bonchev–Trinajstić information content (AvgIpc) is 2.35. The van der Waals surface area contributed by atoms with Crippen molar-refractivity contribution in [3.63, 3.8) is 0 Å². The third kappa shape index (κ3) is 3.59. The van der Waals surface area contributed by atoms with E-state index in [9.17, 15) is 19.7 Å². The number of nitro groups is 1. The van der Waals surface area contributed by atoms with Crippen LogP contribution in [0.3, 0.4) is 0 Å². The molecule has 0 amide bonds. The first-order chi connectivity index (χ1) is 8.88. The van der Waals surface area contributed by atoms with E-state index in [4.69, 9.17) is 5.84 Å². The zero-order valence-electron chi connectivity index (χ0n) is 9.88. The Kier molecular flexibility index (Phi) is 5.15. The van der Waals surface area contributed by atoms with Gasteiger partial charge < -0.3 is 9.40 Å². The van der Waals surface area contributed by atoms with E-state index in [0.717, 1.165) is 10.8 Å². The molecule has 1 aromatic rings. The van der Waals surface area contributed by atoms with Gasteiger partial charge in [-0.1, -0.05) is 5.59 Å². The van der Waals surface area contributed by atoms with Crippen LogP contribution in [0.25, 0.3) is 0 Å². The van der Waals surface area contributed by atoms with Crippen LogP contribution in [0, 0.1) is 17.0 Å². The lowest BCUT2D eigenvalue weighted by Gasteiger charge is -2.08. The molecular weight excluding hydrogens is 324 g/mol. The topological polar surface area (TPSA) is 129 Å². The van der Waals surface area contributed by atoms with Crippen LogP contribution in [0.2, 0.25) is 0 Å². The minimum absolute atomic E-state index is 0.0565. The van der Waals surface area contributed by atoms with Crippen LogP contribution < -0.4 is 17.0 Å². The lowest BCUT2D eigenvalue weighted by Crippen LogP contribution is -2.28. The third-order valence-corrected chi connectivity index (χ3v) is 3.30. The van der Waals surface area contributed by atoms with Gasteiger partial charge in [0.25, 0.3) is 11.2 Å². The molecular formula is C9H11BrN4O5. The molecule has 0 saturated carbocycles. The minimum atomic E-state index is -0.686. The first-order valence-corrected chi connectivity index (χ1v) is 5.87. The summed E-state index contributed by atoms with van der Waals surface area (Å²) in [7, 11) is 0. The zero-order chi connectivity index (χ0) is 14.6. The number of rotatable bonds is 5. The molecule has 0 aliphatic rings. The number of nitrogens with two attached hydrogens (primary N) is 1. The van der Waals surface area contributed by atoms with Gasteiger partial charge in [-0.25, -0.2) is 5.84 Å². The van der Waals surface area contributed by atoms with Gasteiger partial charge in [0, 0.05) is 12.1 Å². The number of hydrogen-bond donors (Lipinski definition) is 2. The molecule has 1 rings (SSSR count). The number of hydrazine groups is 1. The van der Waals surface area contributed by atoms with Crippen LogP contribution in [0.5, 0.6) is 0 Å². The molecule has 1 aromatic heterocycles.